The van der Waals surface area contributed by atoms with Gasteiger partial charge in [-0.3, -0.25) is 9.59 Å². The molecule has 2 aromatic heterocycles. The van der Waals surface area contributed by atoms with Crippen molar-refractivity contribution >= 4 is 73.2 Å². The number of alkyl halides is 6. The van der Waals surface area contributed by atoms with E-state index in [-0.39, 0.29) is 54.2 Å². The fourth-order valence-corrected chi connectivity index (χ4v) is 7.95. The minimum atomic E-state index is -3.10. The van der Waals surface area contributed by atoms with E-state index in [2.05, 4.69) is 43.8 Å². The molecule has 0 fully saturated rings. The molecule has 2 heterocycles. The van der Waals surface area contributed by atoms with Crippen LogP contribution in [0.2, 0.25) is 44.4 Å². The number of nitrogens with zero attached hydrogens (tertiary/aromatic N) is 2. The van der Waals surface area contributed by atoms with E-state index in [0.717, 1.165) is 34.9 Å². The lowest BCUT2D eigenvalue weighted by Crippen LogP contribution is -2.27. The van der Waals surface area contributed by atoms with Crippen LogP contribution in [-0.2, 0) is 4.74 Å². The van der Waals surface area contributed by atoms with Gasteiger partial charge in [-0.05, 0) is 103 Å². The van der Waals surface area contributed by atoms with Gasteiger partial charge in [-0.2, -0.15) is 0 Å². The quantitative estimate of drug-likeness (QED) is 0.0414. The van der Waals surface area contributed by atoms with Gasteiger partial charge in [-0.25, -0.2) is 84.6 Å². The molecule has 7 rings (SSSR count). The molecule has 0 bridgehead atoms. The van der Waals surface area contributed by atoms with Crippen LogP contribution in [0, 0.1) is 93.4 Å². The van der Waals surface area contributed by atoms with E-state index in [0.29, 0.717) is 48.3 Å². The lowest BCUT2D eigenvalue weighted by Gasteiger charge is -2.21. The van der Waals surface area contributed by atoms with Gasteiger partial charge in [0.05, 0.1) is 11.2 Å². The Labute approximate surface area is 492 Å². The highest BCUT2D eigenvalue weighted by Crippen LogP contribution is 2.37. The smallest absolute Gasteiger partial charge is 0.419 e. The van der Waals surface area contributed by atoms with Crippen molar-refractivity contribution in [3.63, 3.8) is 0 Å². The summed E-state index contributed by atoms with van der Waals surface area (Å²) in [5.41, 5.74) is 2.74. The van der Waals surface area contributed by atoms with Crippen molar-refractivity contribution in [1.29, 1.82) is 0 Å². The molecule has 0 saturated heterocycles. The second-order valence-electron chi connectivity index (χ2n) is 20.4. The standard InChI is InChI=1S/C19H15ClF4N2O2.C12H12F4Si.C12H12F2OSi.C9H4F4.C7H3BrF2O/c1-19(2,3)28-18(27)26-14-7-16(20)25-8-9(14)4-15(26)10-5-12(21)13(22)6-11(10)17(23)24;1-17(2,3)5-4-8-6-10(13)11(14)7-9(8)12(15)16;1-16(2,3)5-4-9-6-11(13)12(14)7-10(9)8-15;1-2-5-3-7(10)8(11)4-6(5)9(12)13;8-5-2-7(10)6(9)1-4(5)3-11/h4-8,17H,1-3H3;6-7,12H,1-3H3;6-8H,1-3H3;1,3-4,9H;1-3H. The lowest BCUT2D eigenvalue weighted by molar-refractivity contribution is 0.0546. The number of carbonyl (C=O) groups is 3. The lowest BCUT2D eigenvalue weighted by atomic mass is 10.0. The van der Waals surface area contributed by atoms with Crippen LogP contribution in [0.1, 0.15) is 94.1 Å². The molecular weight excluding hydrogens is 1280 g/mol. The Morgan fingerprint density at radius 3 is 1.41 bits per heavy atom. The first-order chi connectivity index (χ1) is 39.2. The average molecular weight is 1320 g/mol. The van der Waals surface area contributed by atoms with Gasteiger partial charge in [0.2, 0.25) is 0 Å². The number of halogens is 18. The van der Waals surface area contributed by atoms with E-state index in [1.807, 2.05) is 45.2 Å². The minimum absolute atomic E-state index is 0.0568. The summed E-state index contributed by atoms with van der Waals surface area (Å²) in [4.78, 5) is 37.5. The molecule has 0 amide bonds. The molecule has 0 aliphatic carbocycles. The van der Waals surface area contributed by atoms with Crippen LogP contribution in [0.3, 0.4) is 0 Å². The molecular formula is C59H46BrClF16N2O4Si2. The summed E-state index contributed by atoms with van der Waals surface area (Å²) in [7, 11) is -3.35. The van der Waals surface area contributed by atoms with Gasteiger partial charge in [-0.1, -0.05) is 68.6 Å². The van der Waals surface area contributed by atoms with Gasteiger partial charge in [-0.15, -0.1) is 17.5 Å². The fraction of sp³-hybridized carbons (Fsp3) is 0.220. The van der Waals surface area contributed by atoms with Gasteiger partial charge < -0.3 is 4.74 Å². The number of hydrogen-bond donors (Lipinski definition) is 0. The molecule has 0 unspecified atom stereocenters. The Morgan fingerprint density at radius 1 is 0.576 bits per heavy atom. The molecule has 0 aliphatic rings. The van der Waals surface area contributed by atoms with E-state index in [1.165, 1.54) is 18.3 Å². The zero-order chi connectivity index (χ0) is 64.8. The van der Waals surface area contributed by atoms with Crippen molar-refractivity contribution in [2.24, 2.45) is 0 Å². The van der Waals surface area contributed by atoms with Gasteiger partial charge in [0.15, 0.2) is 70.7 Å². The second kappa shape index (κ2) is 30.4. The number of carbonyl (C=O) groups excluding carboxylic acids is 3. The SMILES string of the molecule is C#Cc1cc(F)c(F)cc1C(F)F.CC(C)(C)OC(=O)n1c(-c2cc(F)c(F)cc2C(F)F)cc2cnc(Cl)cc21.C[Si](C)(C)C#Cc1cc(F)c(F)cc1C(F)F.C[Si](C)(C)C#Cc1cc(F)c(F)cc1C=O.O=Cc1cc(F)c(F)cc1Br. The molecule has 0 radical (unpaired) electrons. The normalized spacial score (nSPS) is 11.0. The second-order valence-corrected chi connectivity index (χ2v) is 31.1. The minimum Gasteiger partial charge on any atom is -0.443 e. The summed E-state index contributed by atoms with van der Waals surface area (Å²) in [6, 6.07) is 9.57. The van der Waals surface area contributed by atoms with Gasteiger partial charge in [0, 0.05) is 72.2 Å². The maximum absolute atomic E-state index is 13.9. The predicted octanol–water partition coefficient (Wildman–Crippen LogP) is 18.9. The number of pyridine rings is 1. The molecule has 6 nitrogen and oxygen atoms in total. The molecule has 5 aromatic carbocycles. The van der Waals surface area contributed by atoms with Crippen LogP contribution in [-0.4, -0.2) is 50.0 Å². The largest absolute Gasteiger partial charge is 0.443 e. The third-order valence-corrected chi connectivity index (χ3v) is 12.8. The Bertz CT molecular complexity index is 3790. The number of rotatable bonds is 6. The van der Waals surface area contributed by atoms with Crippen LogP contribution >= 0.6 is 27.5 Å². The first-order valence-electron chi connectivity index (χ1n) is 24.0. The first kappa shape index (κ1) is 71.6. The number of aromatic nitrogens is 2. The van der Waals surface area contributed by atoms with E-state index < -0.39 is 122 Å². The first-order valence-corrected chi connectivity index (χ1v) is 32.2. The van der Waals surface area contributed by atoms with Crippen molar-refractivity contribution in [2.75, 3.05) is 0 Å². The molecule has 450 valence electrons. The summed E-state index contributed by atoms with van der Waals surface area (Å²) in [6.07, 6.45) is -2.65. The summed E-state index contributed by atoms with van der Waals surface area (Å²) in [5.74, 6) is -4.59. The van der Waals surface area contributed by atoms with Crippen molar-refractivity contribution in [1.82, 2.24) is 9.55 Å². The van der Waals surface area contributed by atoms with Crippen molar-refractivity contribution in [3.05, 3.63) is 191 Å². The van der Waals surface area contributed by atoms with Gasteiger partial charge in [0.1, 0.15) is 26.9 Å². The Hall–Kier alpha value is -7.64. The van der Waals surface area contributed by atoms with E-state index >= 15 is 0 Å². The Kier molecular flexibility index (Phi) is 25.7. The maximum atomic E-state index is 13.9. The van der Waals surface area contributed by atoms with E-state index in [4.69, 9.17) is 22.8 Å². The maximum Gasteiger partial charge on any atom is 0.419 e. The molecule has 0 aliphatic heterocycles. The summed E-state index contributed by atoms with van der Waals surface area (Å²) in [6.45, 7) is 16.8. The van der Waals surface area contributed by atoms with Crippen LogP contribution < -0.4 is 0 Å². The molecule has 26 heteroatoms. The Morgan fingerprint density at radius 2 is 0.965 bits per heavy atom. The highest BCUT2D eigenvalue weighted by molar-refractivity contribution is 9.10. The van der Waals surface area contributed by atoms with Crippen molar-refractivity contribution < 1.29 is 89.4 Å². The monoisotopic (exact) mass is 1320 g/mol. The third-order valence-electron chi connectivity index (χ3n) is 10.2. The van der Waals surface area contributed by atoms with Crippen LogP contribution in [0.15, 0.2) is 83.5 Å². The molecule has 0 spiro atoms. The number of fused-ring (bicyclic) bond motifs is 1. The third kappa shape index (κ3) is 21.4. The highest BCUT2D eigenvalue weighted by Gasteiger charge is 2.28. The van der Waals surface area contributed by atoms with Crippen molar-refractivity contribution in [2.45, 2.75) is 84.9 Å². The number of terminal acetylenes is 1. The summed E-state index contributed by atoms with van der Waals surface area (Å²) in [5, 5.41) is 0.441. The zero-order valence-electron chi connectivity index (χ0n) is 45.8. The molecule has 85 heavy (non-hydrogen) atoms. The summed E-state index contributed by atoms with van der Waals surface area (Å²) < 4.78 is 212. The highest BCUT2D eigenvalue weighted by atomic mass is 79.9. The average Bonchev–Trinajstić information content (AvgIpc) is 1.85. The van der Waals surface area contributed by atoms with Crippen molar-refractivity contribution in [3.8, 4) is 46.5 Å². The van der Waals surface area contributed by atoms with Gasteiger partial charge in [0.25, 0.3) is 19.3 Å². The molecule has 7 aromatic rings. The summed E-state index contributed by atoms with van der Waals surface area (Å²) >= 11 is 8.81. The van der Waals surface area contributed by atoms with Crippen LogP contribution in [0.5, 0.6) is 0 Å². The zero-order valence-corrected chi connectivity index (χ0v) is 50.1. The molecule has 0 saturated carbocycles. The number of hydrogen-bond acceptors (Lipinski definition) is 5. The number of aldehydes is 2. The van der Waals surface area contributed by atoms with Crippen LogP contribution in [0.25, 0.3) is 22.2 Å². The predicted molar refractivity (Wildman–Crippen MR) is 299 cm³/mol. The van der Waals surface area contributed by atoms with Crippen LogP contribution in [0.4, 0.5) is 75.0 Å². The fourth-order valence-electron chi connectivity index (χ4n) is 6.37. The van der Waals surface area contributed by atoms with Gasteiger partial charge >= 0.3 is 6.09 Å². The Balaban J connectivity index is 0.000000291. The topological polar surface area (TPSA) is 78.3 Å². The van der Waals surface area contributed by atoms with E-state index in [9.17, 15) is 84.6 Å². The van der Waals surface area contributed by atoms with E-state index in [1.54, 1.807) is 20.8 Å². The molecule has 0 N–H and O–H groups in total. The number of ether oxygens (including phenoxy) is 1. The molecule has 0 atom stereocenters. The number of benzene rings is 5.